The van der Waals surface area contributed by atoms with Crippen LogP contribution in [0.4, 0.5) is 4.39 Å². The number of aromatic amines is 1. The Labute approximate surface area is 104 Å². The van der Waals surface area contributed by atoms with Crippen LogP contribution in [0, 0.1) is 5.82 Å². The molecule has 1 heterocycles. The Hall–Kier alpha value is -1.66. The SMILES string of the molecule is COc1ccc(-c2cn[nH]n2)c(CN)c1F.Cl. The summed E-state index contributed by atoms with van der Waals surface area (Å²) in [7, 11) is 1.41. The molecule has 7 heteroatoms. The Morgan fingerprint density at radius 2 is 2.24 bits per heavy atom. The van der Waals surface area contributed by atoms with E-state index in [-0.39, 0.29) is 24.7 Å². The minimum absolute atomic E-state index is 0. The topological polar surface area (TPSA) is 76.8 Å². The van der Waals surface area contributed by atoms with Crippen molar-refractivity contribution in [2.75, 3.05) is 7.11 Å². The van der Waals surface area contributed by atoms with Gasteiger partial charge >= 0.3 is 0 Å². The van der Waals surface area contributed by atoms with E-state index in [0.717, 1.165) is 0 Å². The highest BCUT2D eigenvalue weighted by molar-refractivity contribution is 5.85. The second kappa shape index (κ2) is 5.60. The van der Waals surface area contributed by atoms with E-state index in [1.165, 1.54) is 13.3 Å². The summed E-state index contributed by atoms with van der Waals surface area (Å²) in [6.07, 6.45) is 1.51. The molecular formula is C10H12ClFN4O. The lowest BCUT2D eigenvalue weighted by Crippen LogP contribution is -2.04. The molecule has 3 N–H and O–H groups in total. The van der Waals surface area contributed by atoms with Crippen LogP contribution in [0.25, 0.3) is 11.3 Å². The molecule has 0 atom stereocenters. The van der Waals surface area contributed by atoms with Gasteiger partial charge in [0.1, 0.15) is 5.69 Å². The van der Waals surface area contributed by atoms with E-state index >= 15 is 0 Å². The number of rotatable bonds is 3. The van der Waals surface area contributed by atoms with Gasteiger partial charge in [-0.05, 0) is 12.1 Å². The van der Waals surface area contributed by atoms with Crippen LogP contribution in [0.2, 0.25) is 0 Å². The van der Waals surface area contributed by atoms with E-state index in [4.69, 9.17) is 10.5 Å². The van der Waals surface area contributed by atoms with Crippen molar-refractivity contribution in [3.05, 3.63) is 29.7 Å². The van der Waals surface area contributed by atoms with Crippen LogP contribution in [0.5, 0.6) is 5.75 Å². The molecule has 1 aromatic carbocycles. The van der Waals surface area contributed by atoms with E-state index in [1.807, 2.05) is 0 Å². The summed E-state index contributed by atoms with van der Waals surface area (Å²) in [4.78, 5) is 0. The third kappa shape index (κ3) is 2.37. The van der Waals surface area contributed by atoms with E-state index in [1.54, 1.807) is 12.1 Å². The summed E-state index contributed by atoms with van der Waals surface area (Å²) in [6, 6.07) is 3.25. The molecule has 0 saturated heterocycles. The smallest absolute Gasteiger partial charge is 0.170 e. The second-order valence-corrected chi connectivity index (χ2v) is 3.17. The Balaban J connectivity index is 0.00000144. The quantitative estimate of drug-likeness (QED) is 0.875. The van der Waals surface area contributed by atoms with Gasteiger partial charge in [0, 0.05) is 17.7 Å². The van der Waals surface area contributed by atoms with Crippen molar-refractivity contribution in [3.63, 3.8) is 0 Å². The summed E-state index contributed by atoms with van der Waals surface area (Å²) >= 11 is 0. The number of nitrogens with one attached hydrogen (secondary N) is 1. The van der Waals surface area contributed by atoms with Crippen molar-refractivity contribution in [1.82, 2.24) is 15.4 Å². The van der Waals surface area contributed by atoms with Crippen molar-refractivity contribution < 1.29 is 9.13 Å². The summed E-state index contributed by atoms with van der Waals surface area (Å²) in [6.45, 7) is 0.0746. The molecule has 0 bridgehead atoms. The number of H-pyrrole nitrogens is 1. The lowest BCUT2D eigenvalue weighted by Gasteiger charge is -2.09. The van der Waals surface area contributed by atoms with Gasteiger partial charge in [-0.25, -0.2) is 4.39 Å². The summed E-state index contributed by atoms with van der Waals surface area (Å²) in [5.74, 6) is -0.279. The minimum atomic E-state index is -0.453. The Kier molecular flexibility index (Phi) is 4.42. The molecule has 0 aliphatic rings. The van der Waals surface area contributed by atoms with Crippen LogP contribution in [-0.4, -0.2) is 22.5 Å². The molecule has 2 aromatic rings. The zero-order chi connectivity index (χ0) is 11.5. The first-order valence-corrected chi connectivity index (χ1v) is 4.69. The van der Waals surface area contributed by atoms with Gasteiger partial charge in [-0.2, -0.15) is 15.4 Å². The Bertz CT molecular complexity index is 489. The van der Waals surface area contributed by atoms with Gasteiger partial charge in [0.15, 0.2) is 11.6 Å². The third-order valence-corrected chi connectivity index (χ3v) is 2.32. The number of nitrogens with two attached hydrogens (primary N) is 1. The highest BCUT2D eigenvalue weighted by Crippen LogP contribution is 2.29. The molecule has 0 saturated carbocycles. The molecule has 0 amide bonds. The molecule has 17 heavy (non-hydrogen) atoms. The van der Waals surface area contributed by atoms with Gasteiger partial charge in [-0.3, -0.25) is 0 Å². The van der Waals surface area contributed by atoms with Crippen molar-refractivity contribution >= 4 is 12.4 Å². The van der Waals surface area contributed by atoms with E-state index in [9.17, 15) is 4.39 Å². The molecule has 92 valence electrons. The van der Waals surface area contributed by atoms with Gasteiger partial charge in [-0.1, -0.05) is 0 Å². The lowest BCUT2D eigenvalue weighted by atomic mass is 10.0. The largest absolute Gasteiger partial charge is 0.494 e. The Morgan fingerprint density at radius 1 is 1.47 bits per heavy atom. The van der Waals surface area contributed by atoms with Crippen molar-refractivity contribution in [2.45, 2.75) is 6.54 Å². The van der Waals surface area contributed by atoms with Crippen LogP contribution >= 0.6 is 12.4 Å². The highest BCUT2D eigenvalue weighted by Gasteiger charge is 2.15. The number of aromatic nitrogens is 3. The Morgan fingerprint density at radius 3 is 2.76 bits per heavy atom. The van der Waals surface area contributed by atoms with Gasteiger partial charge in [0.2, 0.25) is 0 Å². The summed E-state index contributed by atoms with van der Waals surface area (Å²) < 4.78 is 18.7. The molecular weight excluding hydrogens is 247 g/mol. The first kappa shape index (κ1) is 13.4. The fourth-order valence-electron chi connectivity index (χ4n) is 1.53. The van der Waals surface area contributed by atoms with Crippen LogP contribution in [0.1, 0.15) is 5.56 Å². The predicted octanol–water partition coefficient (Wildman–Crippen LogP) is 1.50. The maximum Gasteiger partial charge on any atom is 0.170 e. The highest BCUT2D eigenvalue weighted by atomic mass is 35.5. The molecule has 0 spiro atoms. The van der Waals surface area contributed by atoms with Gasteiger partial charge in [0.05, 0.1) is 13.3 Å². The van der Waals surface area contributed by atoms with Gasteiger partial charge in [-0.15, -0.1) is 12.4 Å². The number of methoxy groups -OCH3 is 1. The minimum Gasteiger partial charge on any atom is -0.494 e. The van der Waals surface area contributed by atoms with E-state index < -0.39 is 5.82 Å². The molecule has 0 radical (unpaired) electrons. The normalized spacial score (nSPS) is 9.82. The van der Waals surface area contributed by atoms with Crippen LogP contribution in [-0.2, 0) is 6.54 Å². The predicted molar refractivity (Wildman–Crippen MR) is 63.5 cm³/mol. The zero-order valence-electron chi connectivity index (χ0n) is 9.11. The molecule has 1 aromatic heterocycles. The number of hydrogen-bond donors (Lipinski definition) is 2. The molecule has 0 fully saturated rings. The number of halogens is 2. The fourth-order valence-corrected chi connectivity index (χ4v) is 1.53. The second-order valence-electron chi connectivity index (χ2n) is 3.17. The third-order valence-electron chi connectivity index (χ3n) is 2.32. The molecule has 0 aliphatic heterocycles. The lowest BCUT2D eigenvalue weighted by molar-refractivity contribution is 0.384. The molecule has 0 aliphatic carbocycles. The number of hydrogen-bond acceptors (Lipinski definition) is 4. The first-order valence-electron chi connectivity index (χ1n) is 4.69. The first-order chi connectivity index (χ1) is 7.77. The van der Waals surface area contributed by atoms with Crippen molar-refractivity contribution in [1.29, 1.82) is 0 Å². The molecule has 0 unspecified atom stereocenters. The monoisotopic (exact) mass is 258 g/mol. The maximum atomic E-state index is 13.9. The number of nitrogens with zero attached hydrogens (tertiary/aromatic N) is 2. The van der Waals surface area contributed by atoms with Gasteiger partial charge in [0.25, 0.3) is 0 Å². The van der Waals surface area contributed by atoms with E-state index in [2.05, 4.69) is 15.4 Å². The van der Waals surface area contributed by atoms with Crippen LogP contribution < -0.4 is 10.5 Å². The summed E-state index contributed by atoms with van der Waals surface area (Å²) in [5, 5.41) is 10.0. The maximum absolute atomic E-state index is 13.9. The average Bonchev–Trinajstić information content (AvgIpc) is 2.82. The van der Waals surface area contributed by atoms with Crippen LogP contribution in [0.3, 0.4) is 0 Å². The number of benzene rings is 1. The average molecular weight is 259 g/mol. The van der Waals surface area contributed by atoms with Crippen molar-refractivity contribution in [3.8, 4) is 17.0 Å². The van der Waals surface area contributed by atoms with Crippen LogP contribution in [0.15, 0.2) is 18.3 Å². The number of ether oxygens (including phenoxy) is 1. The standard InChI is InChI=1S/C10H11FN4O.ClH/c1-16-9-3-2-6(7(4-12)10(9)11)8-5-13-15-14-8;/h2-3,5H,4,12H2,1H3,(H,13,14,15);1H. The summed E-state index contributed by atoms with van der Waals surface area (Å²) in [5.41, 5.74) is 7.07. The molecule has 5 nitrogen and oxygen atoms in total. The van der Waals surface area contributed by atoms with Crippen molar-refractivity contribution in [2.24, 2.45) is 5.73 Å². The van der Waals surface area contributed by atoms with E-state index in [0.29, 0.717) is 16.8 Å². The van der Waals surface area contributed by atoms with Gasteiger partial charge < -0.3 is 10.5 Å². The molecule has 2 rings (SSSR count). The zero-order valence-corrected chi connectivity index (χ0v) is 9.92. The fraction of sp³-hybridized carbons (Fsp3) is 0.200.